The average molecular weight is 298 g/mol. The molecule has 6 nitrogen and oxygen atoms in total. The van der Waals surface area contributed by atoms with Gasteiger partial charge in [-0.05, 0) is 0 Å². The molecule has 0 bridgehead atoms. The van der Waals surface area contributed by atoms with Crippen LogP contribution in [0.3, 0.4) is 0 Å². The number of alkyl halides is 3. The minimum absolute atomic E-state index is 0.389. The molecule has 0 aliphatic heterocycles. The fraction of sp³-hybridized carbons (Fsp3) is 0.333. The van der Waals surface area contributed by atoms with Crippen molar-refractivity contribution in [3.05, 3.63) is 24.0 Å². The van der Waals surface area contributed by atoms with E-state index in [0.717, 1.165) is 23.4 Å². The topological polar surface area (TPSA) is 76.6 Å². The van der Waals surface area contributed by atoms with E-state index in [0.29, 0.717) is 0 Å². The maximum absolute atomic E-state index is 12.2. The van der Waals surface area contributed by atoms with E-state index in [2.05, 4.69) is 9.17 Å². The highest BCUT2D eigenvalue weighted by Crippen LogP contribution is 2.28. The number of amides is 1. The Balaban J connectivity index is 3.21. The van der Waals surface area contributed by atoms with E-state index in [4.69, 9.17) is 0 Å². The summed E-state index contributed by atoms with van der Waals surface area (Å²) < 4.78 is 62.2. The SMILES string of the molecule is CN(C)C(=O)c1cnccc1OS(=O)(=O)C(F)(F)F. The number of rotatable bonds is 3. The summed E-state index contributed by atoms with van der Waals surface area (Å²) in [5, 5.41) is 0. The van der Waals surface area contributed by atoms with Crippen molar-refractivity contribution in [3.8, 4) is 5.75 Å². The predicted molar refractivity (Wildman–Crippen MR) is 57.9 cm³/mol. The van der Waals surface area contributed by atoms with Crippen LogP contribution < -0.4 is 4.18 Å². The van der Waals surface area contributed by atoms with E-state index >= 15 is 0 Å². The van der Waals surface area contributed by atoms with Crippen molar-refractivity contribution in [2.24, 2.45) is 0 Å². The lowest BCUT2D eigenvalue weighted by Crippen LogP contribution is -2.29. The summed E-state index contributed by atoms with van der Waals surface area (Å²) in [6.45, 7) is 0. The van der Waals surface area contributed by atoms with Gasteiger partial charge in [-0.25, -0.2) is 0 Å². The van der Waals surface area contributed by atoms with Crippen LogP contribution in [0.4, 0.5) is 13.2 Å². The van der Waals surface area contributed by atoms with Crippen LogP contribution in [-0.4, -0.2) is 43.8 Å². The molecule has 0 saturated heterocycles. The Hall–Kier alpha value is -1.84. The third-order valence-electron chi connectivity index (χ3n) is 1.90. The Morgan fingerprint density at radius 1 is 1.37 bits per heavy atom. The molecule has 0 atom stereocenters. The van der Waals surface area contributed by atoms with Gasteiger partial charge in [-0.15, -0.1) is 0 Å². The van der Waals surface area contributed by atoms with Gasteiger partial charge in [0.2, 0.25) is 0 Å². The molecule has 106 valence electrons. The van der Waals surface area contributed by atoms with Crippen molar-refractivity contribution in [2.45, 2.75) is 5.51 Å². The fourth-order valence-electron chi connectivity index (χ4n) is 1.02. The molecular weight excluding hydrogens is 289 g/mol. The number of pyridine rings is 1. The molecule has 1 rings (SSSR count). The van der Waals surface area contributed by atoms with Gasteiger partial charge >= 0.3 is 15.6 Å². The first kappa shape index (κ1) is 15.2. The zero-order valence-corrected chi connectivity index (χ0v) is 10.6. The van der Waals surface area contributed by atoms with Crippen LogP contribution in [0.25, 0.3) is 0 Å². The third-order valence-corrected chi connectivity index (χ3v) is 2.87. The molecule has 0 spiro atoms. The molecule has 1 heterocycles. The number of carbonyl (C=O) groups is 1. The second-order valence-corrected chi connectivity index (χ2v) is 5.09. The Morgan fingerprint density at radius 2 is 1.95 bits per heavy atom. The van der Waals surface area contributed by atoms with Gasteiger partial charge in [0.1, 0.15) is 5.56 Å². The standard InChI is InChI=1S/C9H9F3N2O4S/c1-14(2)8(15)6-5-13-4-3-7(6)18-19(16,17)9(10,11)12/h3-5H,1-2H3. The van der Waals surface area contributed by atoms with Crippen LogP contribution >= 0.6 is 0 Å². The number of halogens is 3. The van der Waals surface area contributed by atoms with E-state index in [9.17, 15) is 26.4 Å². The molecular formula is C9H9F3N2O4S. The average Bonchev–Trinajstić information content (AvgIpc) is 2.26. The molecule has 0 unspecified atom stereocenters. The minimum atomic E-state index is -5.83. The van der Waals surface area contributed by atoms with E-state index in [1.54, 1.807) is 0 Å². The maximum atomic E-state index is 12.2. The Bertz CT molecular complexity index is 583. The number of nitrogens with zero attached hydrogens (tertiary/aromatic N) is 2. The number of carbonyl (C=O) groups excluding carboxylic acids is 1. The summed E-state index contributed by atoms with van der Waals surface area (Å²) in [6, 6.07) is 0.861. The Labute approximate surface area is 106 Å². The van der Waals surface area contributed by atoms with Gasteiger partial charge in [-0.2, -0.15) is 21.6 Å². The summed E-state index contributed by atoms with van der Waals surface area (Å²) in [5.41, 5.74) is -5.96. The summed E-state index contributed by atoms with van der Waals surface area (Å²) in [6.07, 6.45) is 1.93. The fourth-order valence-corrected chi connectivity index (χ4v) is 1.50. The second kappa shape index (κ2) is 5.03. The van der Waals surface area contributed by atoms with Crippen LogP contribution in [0.1, 0.15) is 10.4 Å². The van der Waals surface area contributed by atoms with Crippen molar-refractivity contribution in [3.63, 3.8) is 0 Å². The predicted octanol–water partition coefficient (Wildman–Crippen LogP) is 1.01. The van der Waals surface area contributed by atoms with Crippen LogP contribution in [0.15, 0.2) is 18.5 Å². The molecule has 1 aromatic heterocycles. The lowest BCUT2D eigenvalue weighted by molar-refractivity contribution is -0.0500. The third kappa shape index (κ3) is 3.34. The first-order valence-corrected chi connectivity index (χ1v) is 6.13. The van der Waals surface area contributed by atoms with Gasteiger partial charge in [-0.1, -0.05) is 0 Å². The van der Waals surface area contributed by atoms with Crippen molar-refractivity contribution in [2.75, 3.05) is 14.1 Å². The molecule has 0 N–H and O–H groups in total. The first-order valence-electron chi connectivity index (χ1n) is 4.72. The van der Waals surface area contributed by atoms with Crippen molar-refractivity contribution in [1.29, 1.82) is 0 Å². The molecule has 0 fully saturated rings. The summed E-state index contributed by atoms with van der Waals surface area (Å²) >= 11 is 0. The molecule has 1 amide bonds. The Morgan fingerprint density at radius 3 is 2.42 bits per heavy atom. The largest absolute Gasteiger partial charge is 0.534 e. The lowest BCUT2D eigenvalue weighted by atomic mass is 10.2. The van der Waals surface area contributed by atoms with Crippen molar-refractivity contribution < 1.29 is 30.6 Å². The molecule has 0 aliphatic carbocycles. The van der Waals surface area contributed by atoms with E-state index in [1.807, 2.05) is 0 Å². The van der Waals surface area contributed by atoms with Gasteiger partial charge in [-0.3, -0.25) is 9.78 Å². The van der Waals surface area contributed by atoms with Crippen LogP contribution in [0, 0.1) is 0 Å². The van der Waals surface area contributed by atoms with E-state index < -0.39 is 27.3 Å². The smallest absolute Gasteiger partial charge is 0.375 e. The quantitative estimate of drug-likeness (QED) is 0.615. The van der Waals surface area contributed by atoms with Gasteiger partial charge < -0.3 is 9.08 Å². The van der Waals surface area contributed by atoms with Crippen LogP contribution in [0.2, 0.25) is 0 Å². The monoisotopic (exact) mass is 298 g/mol. The number of aromatic nitrogens is 1. The number of hydrogen-bond donors (Lipinski definition) is 0. The van der Waals surface area contributed by atoms with E-state index in [-0.39, 0.29) is 5.56 Å². The summed E-state index contributed by atoms with van der Waals surface area (Å²) in [5.74, 6) is -1.47. The molecule has 0 saturated carbocycles. The lowest BCUT2D eigenvalue weighted by Gasteiger charge is -2.14. The maximum Gasteiger partial charge on any atom is 0.534 e. The van der Waals surface area contributed by atoms with Crippen LogP contribution in [-0.2, 0) is 10.1 Å². The summed E-state index contributed by atoms with van der Waals surface area (Å²) in [4.78, 5) is 16.2. The highest BCUT2D eigenvalue weighted by atomic mass is 32.2. The second-order valence-electron chi connectivity index (χ2n) is 3.55. The van der Waals surface area contributed by atoms with E-state index in [1.165, 1.54) is 14.1 Å². The molecule has 1 aromatic rings. The van der Waals surface area contributed by atoms with Gasteiger partial charge in [0, 0.05) is 32.6 Å². The minimum Gasteiger partial charge on any atom is -0.375 e. The normalized spacial score (nSPS) is 12.1. The van der Waals surface area contributed by atoms with Crippen molar-refractivity contribution in [1.82, 2.24) is 9.88 Å². The zero-order chi connectivity index (χ0) is 14.8. The molecule has 10 heteroatoms. The molecule has 0 aromatic carbocycles. The van der Waals surface area contributed by atoms with Crippen molar-refractivity contribution >= 4 is 16.0 Å². The van der Waals surface area contributed by atoms with Gasteiger partial charge in [0.25, 0.3) is 5.91 Å². The summed E-state index contributed by atoms with van der Waals surface area (Å²) in [7, 11) is -3.14. The molecule has 19 heavy (non-hydrogen) atoms. The Kier molecular flexibility index (Phi) is 4.03. The highest BCUT2D eigenvalue weighted by molar-refractivity contribution is 7.88. The molecule has 0 aliphatic rings. The molecule has 0 radical (unpaired) electrons. The van der Waals surface area contributed by atoms with Crippen LogP contribution in [0.5, 0.6) is 5.75 Å². The van der Waals surface area contributed by atoms with Gasteiger partial charge in [0.05, 0.1) is 0 Å². The van der Waals surface area contributed by atoms with Gasteiger partial charge in [0.15, 0.2) is 5.75 Å². The zero-order valence-electron chi connectivity index (χ0n) is 9.80. The highest BCUT2D eigenvalue weighted by Gasteiger charge is 2.49. The number of hydrogen-bond acceptors (Lipinski definition) is 5. The first-order chi connectivity index (χ1) is 8.56.